The number of aryl methyl sites for hydroxylation is 1. The van der Waals surface area contributed by atoms with E-state index in [0.717, 1.165) is 17.4 Å². The van der Waals surface area contributed by atoms with Gasteiger partial charge in [0, 0.05) is 10.4 Å². The highest BCUT2D eigenvalue weighted by atomic mass is 35.5. The zero-order chi connectivity index (χ0) is 15.6. The summed E-state index contributed by atoms with van der Waals surface area (Å²) >= 11 is 6.00. The molecule has 0 spiro atoms. The fourth-order valence-corrected chi connectivity index (χ4v) is 2.80. The molecule has 0 unspecified atom stereocenters. The summed E-state index contributed by atoms with van der Waals surface area (Å²) in [4.78, 5) is 3.87. The van der Waals surface area contributed by atoms with Crippen LogP contribution in [0.25, 0.3) is 10.9 Å². The van der Waals surface area contributed by atoms with Crippen LogP contribution in [0.1, 0.15) is 43.5 Å². The molecule has 0 saturated heterocycles. The number of hydrogen-bond acceptors (Lipinski definition) is 1. The van der Waals surface area contributed by atoms with Crippen molar-refractivity contribution in [2.24, 2.45) is 0 Å². The van der Waals surface area contributed by atoms with Gasteiger partial charge in [-0.05, 0) is 42.2 Å². The molecule has 0 radical (unpaired) electrons. The number of halogens is 4. The largest absolute Gasteiger partial charge is 0.433 e. The molecule has 114 valence electrons. The highest BCUT2D eigenvalue weighted by Crippen LogP contribution is 2.36. The van der Waals surface area contributed by atoms with Gasteiger partial charge in [-0.25, -0.2) is 4.98 Å². The Morgan fingerprint density at radius 3 is 2.24 bits per heavy atom. The molecular weight excluding hydrogens is 299 g/mol. The van der Waals surface area contributed by atoms with Crippen molar-refractivity contribution in [1.29, 1.82) is 0 Å². The first-order valence-electron chi connectivity index (χ1n) is 7.06. The van der Waals surface area contributed by atoms with Crippen LogP contribution in [0.4, 0.5) is 13.2 Å². The van der Waals surface area contributed by atoms with Gasteiger partial charge in [-0.3, -0.25) is 0 Å². The Hall–Kier alpha value is -1.29. The first-order chi connectivity index (χ1) is 9.88. The quantitative estimate of drug-likeness (QED) is 0.693. The summed E-state index contributed by atoms with van der Waals surface area (Å²) in [5.41, 5.74) is 0.665. The molecule has 1 aromatic carbocycles. The van der Waals surface area contributed by atoms with Crippen molar-refractivity contribution in [3.05, 3.63) is 40.0 Å². The molecule has 0 saturated carbocycles. The van der Waals surface area contributed by atoms with Gasteiger partial charge in [0.1, 0.15) is 5.69 Å². The third-order valence-corrected chi connectivity index (χ3v) is 3.67. The van der Waals surface area contributed by atoms with Crippen LogP contribution in [0.3, 0.4) is 0 Å². The van der Waals surface area contributed by atoms with Gasteiger partial charge in [0.05, 0.1) is 5.52 Å². The Balaban J connectivity index is 2.84. The van der Waals surface area contributed by atoms with Crippen LogP contribution in [0, 0.1) is 0 Å². The van der Waals surface area contributed by atoms with Crippen molar-refractivity contribution in [2.45, 2.75) is 45.7 Å². The number of aromatic nitrogens is 1. The van der Waals surface area contributed by atoms with Gasteiger partial charge in [-0.15, -0.1) is 0 Å². The zero-order valence-electron chi connectivity index (χ0n) is 12.0. The fourth-order valence-electron chi connectivity index (χ4n) is 2.63. The lowest BCUT2D eigenvalue weighted by Gasteiger charge is -2.18. The predicted octanol–water partition coefficient (Wildman–Crippen LogP) is 5.81. The third-order valence-electron chi connectivity index (χ3n) is 3.43. The average molecular weight is 316 g/mol. The van der Waals surface area contributed by atoms with Gasteiger partial charge in [-0.2, -0.15) is 13.2 Å². The van der Waals surface area contributed by atoms with E-state index in [1.54, 1.807) is 18.2 Å². The van der Waals surface area contributed by atoms with E-state index < -0.39 is 11.9 Å². The fraction of sp³-hybridized carbons (Fsp3) is 0.438. The minimum absolute atomic E-state index is 0.321. The molecule has 0 N–H and O–H groups in total. The van der Waals surface area contributed by atoms with Crippen LogP contribution >= 0.6 is 11.6 Å². The Morgan fingerprint density at radius 1 is 1.05 bits per heavy atom. The lowest BCUT2D eigenvalue weighted by Crippen LogP contribution is -2.15. The van der Waals surface area contributed by atoms with Gasteiger partial charge < -0.3 is 0 Å². The molecule has 5 heteroatoms. The molecule has 0 fully saturated rings. The van der Waals surface area contributed by atoms with Gasteiger partial charge >= 0.3 is 6.18 Å². The second kappa shape index (κ2) is 6.22. The Kier molecular flexibility index (Phi) is 4.77. The topological polar surface area (TPSA) is 12.9 Å². The predicted molar refractivity (Wildman–Crippen MR) is 79.7 cm³/mol. The summed E-state index contributed by atoms with van der Waals surface area (Å²) in [6, 6.07) is 4.85. The number of fused-ring (bicyclic) bond motifs is 1. The van der Waals surface area contributed by atoms with Crippen LogP contribution in [0.2, 0.25) is 5.02 Å². The average Bonchev–Trinajstić information content (AvgIpc) is 2.40. The van der Waals surface area contributed by atoms with Crippen LogP contribution in [-0.4, -0.2) is 4.98 Å². The highest BCUT2D eigenvalue weighted by molar-refractivity contribution is 6.31. The van der Waals surface area contributed by atoms with Gasteiger partial charge in [-0.1, -0.05) is 38.3 Å². The Labute approximate surface area is 127 Å². The van der Waals surface area contributed by atoms with Crippen molar-refractivity contribution in [3.63, 3.8) is 0 Å². The van der Waals surface area contributed by atoms with E-state index in [1.165, 1.54) is 0 Å². The monoisotopic (exact) mass is 315 g/mol. The van der Waals surface area contributed by atoms with Gasteiger partial charge in [0.25, 0.3) is 0 Å². The molecule has 0 bridgehead atoms. The van der Waals surface area contributed by atoms with E-state index >= 15 is 0 Å². The van der Waals surface area contributed by atoms with E-state index in [1.807, 2.05) is 13.8 Å². The van der Waals surface area contributed by atoms with E-state index in [4.69, 9.17) is 11.6 Å². The molecule has 0 atom stereocenters. The maximum absolute atomic E-state index is 13.3. The van der Waals surface area contributed by atoms with Crippen molar-refractivity contribution in [1.82, 2.24) is 4.98 Å². The first kappa shape index (κ1) is 16.1. The smallest absolute Gasteiger partial charge is 0.243 e. The van der Waals surface area contributed by atoms with Crippen LogP contribution < -0.4 is 0 Å². The molecule has 1 nitrogen and oxygen atoms in total. The zero-order valence-corrected chi connectivity index (χ0v) is 12.8. The van der Waals surface area contributed by atoms with Crippen LogP contribution in [-0.2, 0) is 19.0 Å². The molecule has 0 aliphatic rings. The minimum atomic E-state index is -4.43. The summed E-state index contributed by atoms with van der Waals surface area (Å²) in [7, 11) is 0. The molecule has 0 amide bonds. The molecule has 2 rings (SSSR count). The Morgan fingerprint density at radius 2 is 1.67 bits per heavy atom. The second-order valence-electron chi connectivity index (χ2n) is 5.08. The third kappa shape index (κ3) is 3.31. The number of benzene rings is 1. The number of alkyl halides is 3. The maximum atomic E-state index is 13.3. The van der Waals surface area contributed by atoms with Crippen molar-refractivity contribution >= 4 is 22.5 Å². The molecule has 1 heterocycles. The standard InChI is InChI=1S/C16H17ClF3N/c1-3-5-11-12(6-4-2)15(16(18,19)20)21-14-8-7-10(17)9-13(11)14/h7-9H,3-6H2,1-2H3. The second-order valence-corrected chi connectivity index (χ2v) is 5.51. The van der Waals surface area contributed by atoms with Crippen molar-refractivity contribution < 1.29 is 13.2 Å². The number of nitrogens with zero attached hydrogens (tertiary/aromatic N) is 1. The highest BCUT2D eigenvalue weighted by Gasteiger charge is 2.36. The SMILES string of the molecule is CCCc1c(C(F)(F)F)nc2ccc(Cl)cc2c1CCC. The first-order valence-corrected chi connectivity index (χ1v) is 7.44. The van der Waals surface area contributed by atoms with Crippen molar-refractivity contribution in [3.8, 4) is 0 Å². The summed E-state index contributed by atoms with van der Waals surface area (Å²) in [5, 5.41) is 1.25. The Bertz CT molecular complexity index is 650. The number of pyridine rings is 1. The summed E-state index contributed by atoms with van der Waals surface area (Å²) in [5.74, 6) is 0. The summed E-state index contributed by atoms with van der Waals surface area (Å²) in [6.45, 7) is 3.83. The molecule has 1 aromatic heterocycles. The van der Waals surface area contributed by atoms with E-state index in [2.05, 4.69) is 4.98 Å². The molecular formula is C16H17ClF3N. The number of hydrogen-bond donors (Lipinski definition) is 0. The summed E-state index contributed by atoms with van der Waals surface area (Å²) in [6.07, 6.45) is -2.04. The van der Waals surface area contributed by atoms with E-state index in [9.17, 15) is 13.2 Å². The van der Waals surface area contributed by atoms with Crippen molar-refractivity contribution in [2.75, 3.05) is 0 Å². The van der Waals surface area contributed by atoms with E-state index in [0.29, 0.717) is 35.4 Å². The van der Waals surface area contributed by atoms with Crippen LogP contribution in [0.5, 0.6) is 0 Å². The van der Waals surface area contributed by atoms with Gasteiger partial charge in [0.15, 0.2) is 0 Å². The molecule has 21 heavy (non-hydrogen) atoms. The lowest BCUT2D eigenvalue weighted by atomic mass is 9.94. The molecule has 2 aromatic rings. The van der Waals surface area contributed by atoms with E-state index in [-0.39, 0.29) is 0 Å². The summed E-state index contributed by atoms with van der Waals surface area (Å²) < 4.78 is 39.9. The van der Waals surface area contributed by atoms with Crippen LogP contribution in [0.15, 0.2) is 18.2 Å². The lowest BCUT2D eigenvalue weighted by molar-refractivity contribution is -0.141. The normalized spacial score (nSPS) is 12.1. The molecule has 0 aliphatic heterocycles. The van der Waals surface area contributed by atoms with Gasteiger partial charge in [0.2, 0.25) is 0 Å². The number of rotatable bonds is 4. The minimum Gasteiger partial charge on any atom is -0.243 e. The molecule has 0 aliphatic carbocycles. The maximum Gasteiger partial charge on any atom is 0.433 e.